The molecule has 1 saturated heterocycles. The Kier molecular flexibility index (Phi) is 3.23. The van der Waals surface area contributed by atoms with E-state index in [0.717, 1.165) is 26.2 Å². The van der Waals surface area contributed by atoms with Crippen LogP contribution in [0.3, 0.4) is 0 Å². The number of benzene rings is 1. The summed E-state index contributed by atoms with van der Waals surface area (Å²) in [7, 11) is 0. The molecule has 0 aliphatic carbocycles. The van der Waals surface area contributed by atoms with Crippen molar-refractivity contribution in [1.29, 1.82) is 0 Å². The molecule has 0 aromatic heterocycles. The molecule has 3 heteroatoms. The molecule has 1 heterocycles. The van der Waals surface area contributed by atoms with Crippen molar-refractivity contribution < 1.29 is 0 Å². The number of aryl methyl sites for hydroxylation is 1. The highest BCUT2D eigenvalue weighted by Crippen LogP contribution is 2.21. The van der Waals surface area contributed by atoms with Gasteiger partial charge in [-0.1, -0.05) is 17.7 Å². The van der Waals surface area contributed by atoms with Gasteiger partial charge >= 0.3 is 0 Å². The van der Waals surface area contributed by atoms with Crippen molar-refractivity contribution >= 4 is 5.69 Å². The van der Waals surface area contributed by atoms with E-state index >= 15 is 0 Å². The number of hydrogen-bond donors (Lipinski definition) is 2. The quantitative estimate of drug-likeness (QED) is 0.752. The first-order chi connectivity index (χ1) is 7.31. The Hall–Kier alpha value is -1.06. The van der Waals surface area contributed by atoms with Crippen LogP contribution in [0.1, 0.15) is 11.1 Å². The van der Waals surface area contributed by atoms with Gasteiger partial charge in [-0.25, -0.2) is 0 Å². The van der Waals surface area contributed by atoms with Crippen molar-refractivity contribution in [1.82, 2.24) is 5.32 Å². The van der Waals surface area contributed by atoms with Crippen LogP contribution in [-0.2, 0) is 6.54 Å². The fourth-order valence-electron chi connectivity index (χ4n) is 2.09. The highest BCUT2D eigenvalue weighted by atomic mass is 15.2. The monoisotopic (exact) mass is 205 g/mol. The van der Waals surface area contributed by atoms with Crippen LogP contribution in [0.2, 0.25) is 0 Å². The number of hydrogen-bond acceptors (Lipinski definition) is 3. The molecule has 2 rings (SSSR count). The van der Waals surface area contributed by atoms with E-state index in [9.17, 15) is 0 Å². The largest absolute Gasteiger partial charge is 0.369 e. The molecular formula is C12H19N3. The molecule has 0 radical (unpaired) electrons. The SMILES string of the molecule is Cc1ccc(N2CCNCC2)c(CN)c1. The minimum atomic E-state index is 0.626. The van der Waals surface area contributed by atoms with Crippen LogP contribution >= 0.6 is 0 Å². The first-order valence-corrected chi connectivity index (χ1v) is 5.56. The Morgan fingerprint density at radius 2 is 2.07 bits per heavy atom. The summed E-state index contributed by atoms with van der Waals surface area (Å²) in [6.45, 7) is 7.03. The molecule has 1 aromatic rings. The second kappa shape index (κ2) is 4.64. The van der Waals surface area contributed by atoms with E-state index in [2.05, 4.69) is 35.3 Å². The maximum atomic E-state index is 5.78. The van der Waals surface area contributed by atoms with E-state index in [1.807, 2.05) is 0 Å². The van der Waals surface area contributed by atoms with Gasteiger partial charge in [0.05, 0.1) is 0 Å². The van der Waals surface area contributed by atoms with Crippen LogP contribution in [-0.4, -0.2) is 26.2 Å². The minimum absolute atomic E-state index is 0.626. The molecule has 1 fully saturated rings. The third-order valence-electron chi connectivity index (χ3n) is 2.91. The van der Waals surface area contributed by atoms with Crippen molar-refractivity contribution in [2.75, 3.05) is 31.1 Å². The zero-order chi connectivity index (χ0) is 10.7. The molecule has 3 nitrogen and oxygen atoms in total. The van der Waals surface area contributed by atoms with E-state index in [1.54, 1.807) is 0 Å². The number of piperazine rings is 1. The van der Waals surface area contributed by atoms with Gasteiger partial charge in [0.25, 0.3) is 0 Å². The Morgan fingerprint density at radius 3 is 2.73 bits per heavy atom. The molecule has 0 unspecified atom stereocenters. The minimum Gasteiger partial charge on any atom is -0.369 e. The second-order valence-electron chi connectivity index (χ2n) is 4.07. The topological polar surface area (TPSA) is 41.3 Å². The molecule has 15 heavy (non-hydrogen) atoms. The maximum Gasteiger partial charge on any atom is 0.0412 e. The fraction of sp³-hybridized carbons (Fsp3) is 0.500. The first-order valence-electron chi connectivity index (χ1n) is 5.56. The summed E-state index contributed by atoms with van der Waals surface area (Å²) in [6, 6.07) is 6.55. The zero-order valence-corrected chi connectivity index (χ0v) is 9.29. The van der Waals surface area contributed by atoms with E-state index in [-0.39, 0.29) is 0 Å². The van der Waals surface area contributed by atoms with Crippen molar-refractivity contribution in [3.05, 3.63) is 29.3 Å². The summed E-state index contributed by atoms with van der Waals surface area (Å²) < 4.78 is 0. The molecule has 1 aromatic carbocycles. The van der Waals surface area contributed by atoms with Gasteiger partial charge in [0.15, 0.2) is 0 Å². The smallest absolute Gasteiger partial charge is 0.0412 e. The molecule has 1 aliphatic rings. The van der Waals surface area contributed by atoms with E-state index in [1.165, 1.54) is 16.8 Å². The number of nitrogens with one attached hydrogen (secondary N) is 1. The zero-order valence-electron chi connectivity index (χ0n) is 9.29. The predicted octanol–water partition coefficient (Wildman–Crippen LogP) is 0.863. The Balaban J connectivity index is 2.25. The van der Waals surface area contributed by atoms with Crippen LogP contribution in [0, 0.1) is 6.92 Å². The molecule has 3 N–H and O–H groups in total. The Bertz CT molecular complexity index is 330. The standard InChI is InChI=1S/C12H19N3/c1-10-2-3-12(11(8-10)9-13)15-6-4-14-5-7-15/h2-3,8,14H,4-7,9,13H2,1H3. The van der Waals surface area contributed by atoms with Crippen LogP contribution in [0.5, 0.6) is 0 Å². The summed E-state index contributed by atoms with van der Waals surface area (Å²) in [5.41, 5.74) is 9.64. The molecule has 0 amide bonds. The lowest BCUT2D eigenvalue weighted by Crippen LogP contribution is -2.44. The Morgan fingerprint density at radius 1 is 1.33 bits per heavy atom. The van der Waals surface area contributed by atoms with Crippen LogP contribution in [0.4, 0.5) is 5.69 Å². The number of anilines is 1. The molecule has 0 spiro atoms. The average Bonchev–Trinajstić information content (AvgIpc) is 2.30. The van der Waals surface area contributed by atoms with Gasteiger partial charge in [-0.05, 0) is 18.6 Å². The van der Waals surface area contributed by atoms with Gasteiger partial charge < -0.3 is 16.0 Å². The predicted molar refractivity (Wildman–Crippen MR) is 64.2 cm³/mol. The second-order valence-corrected chi connectivity index (χ2v) is 4.07. The normalized spacial score (nSPS) is 16.8. The number of nitrogens with two attached hydrogens (primary N) is 1. The van der Waals surface area contributed by atoms with Crippen LogP contribution in [0.15, 0.2) is 18.2 Å². The highest BCUT2D eigenvalue weighted by molar-refractivity contribution is 5.55. The Labute approximate surface area is 91.3 Å². The van der Waals surface area contributed by atoms with Crippen molar-refractivity contribution in [3.8, 4) is 0 Å². The van der Waals surface area contributed by atoms with Crippen LogP contribution in [0.25, 0.3) is 0 Å². The highest BCUT2D eigenvalue weighted by Gasteiger charge is 2.13. The molecule has 1 aliphatic heterocycles. The van der Waals surface area contributed by atoms with Gasteiger partial charge in [0.2, 0.25) is 0 Å². The molecule has 0 bridgehead atoms. The molecule has 0 saturated carbocycles. The van der Waals surface area contributed by atoms with Crippen molar-refractivity contribution in [2.24, 2.45) is 5.73 Å². The number of rotatable bonds is 2. The van der Waals surface area contributed by atoms with Gasteiger partial charge in [-0.3, -0.25) is 0 Å². The first kappa shape index (κ1) is 10.5. The summed E-state index contributed by atoms with van der Waals surface area (Å²) in [6.07, 6.45) is 0. The maximum absolute atomic E-state index is 5.78. The third kappa shape index (κ3) is 2.30. The van der Waals surface area contributed by atoms with Crippen molar-refractivity contribution in [2.45, 2.75) is 13.5 Å². The summed E-state index contributed by atoms with van der Waals surface area (Å²) in [5.74, 6) is 0. The lowest BCUT2D eigenvalue weighted by molar-refractivity contribution is 0.587. The van der Waals surface area contributed by atoms with Gasteiger partial charge in [-0.15, -0.1) is 0 Å². The average molecular weight is 205 g/mol. The summed E-state index contributed by atoms with van der Waals surface area (Å²) in [4.78, 5) is 2.41. The lowest BCUT2D eigenvalue weighted by Gasteiger charge is -2.31. The third-order valence-corrected chi connectivity index (χ3v) is 2.91. The van der Waals surface area contributed by atoms with E-state index in [0.29, 0.717) is 6.54 Å². The fourth-order valence-corrected chi connectivity index (χ4v) is 2.09. The molecule has 82 valence electrons. The lowest BCUT2D eigenvalue weighted by atomic mass is 10.1. The summed E-state index contributed by atoms with van der Waals surface area (Å²) >= 11 is 0. The van der Waals surface area contributed by atoms with E-state index < -0.39 is 0 Å². The summed E-state index contributed by atoms with van der Waals surface area (Å²) in [5, 5.41) is 3.36. The van der Waals surface area contributed by atoms with Crippen molar-refractivity contribution in [3.63, 3.8) is 0 Å². The number of nitrogens with zero attached hydrogens (tertiary/aromatic N) is 1. The van der Waals surface area contributed by atoms with Crippen LogP contribution < -0.4 is 16.0 Å². The molecular weight excluding hydrogens is 186 g/mol. The van der Waals surface area contributed by atoms with Gasteiger partial charge in [-0.2, -0.15) is 0 Å². The van der Waals surface area contributed by atoms with Gasteiger partial charge in [0.1, 0.15) is 0 Å². The van der Waals surface area contributed by atoms with Gasteiger partial charge in [0, 0.05) is 38.4 Å². The molecule has 0 atom stereocenters. The van der Waals surface area contributed by atoms with E-state index in [4.69, 9.17) is 5.73 Å².